The van der Waals surface area contributed by atoms with Crippen molar-refractivity contribution in [2.75, 3.05) is 26.2 Å². The average molecular weight is 278 g/mol. The summed E-state index contributed by atoms with van der Waals surface area (Å²) in [5.41, 5.74) is 0. The van der Waals surface area contributed by atoms with Gasteiger partial charge in [-0.25, -0.2) is 4.68 Å². The van der Waals surface area contributed by atoms with Gasteiger partial charge >= 0.3 is 10.4 Å². The van der Waals surface area contributed by atoms with Crippen LogP contribution in [0.15, 0.2) is 0 Å². The third kappa shape index (κ3) is 2.65. The van der Waals surface area contributed by atoms with Crippen molar-refractivity contribution in [3.63, 3.8) is 0 Å². The Balaban J connectivity index is 2.00. The number of piperazine rings is 1. The van der Waals surface area contributed by atoms with Gasteiger partial charge in [-0.2, -0.15) is 12.7 Å². The van der Waals surface area contributed by atoms with E-state index in [1.807, 2.05) is 11.8 Å². The van der Waals surface area contributed by atoms with Gasteiger partial charge in [0, 0.05) is 33.2 Å². The van der Waals surface area contributed by atoms with Crippen LogP contribution < -0.4 is 0 Å². The standard InChI is InChI=1S/C8H15FN6O2S/c1-7(8-10-11-12-13(8)2)14-3-5-15(6-4-14)18(9,16)17/h7H,3-6H2,1-2H3. The molecule has 0 amide bonds. The summed E-state index contributed by atoms with van der Waals surface area (Å²) in [6, 6.07) is -0.0329. The molecule has 1 unspecified atom stereocenters. The second kappa shape index (κ2) is 4.86. The topological polar surface area (TPSA) is 84.2 Å². The third-order valence-corrected chi connectivity index (χ3v) is 4.14. The zero-order valence-electron chi connectivity index (χ0n) is 10.2. The van der Waals surface area contributed by atoms with Gasteiger partial charge in [0.2, 0.25) is 0 Å². The van der Waals surface area contributed by atoms with Gasteiger partial charge in [-0.3, -0.25) is 4.90 Å². The fourth-order valence-electron chi connectivity index (χ4n) is 2.06. The van der Waals surface area contributed by atoms with E-state index in [1.54, 1.807) is 11.7 Å². The van der Waals surface area contributed by atoms with E-state index >= 15 is 0 Å². The first kappa shape index (κ1) is 13.3. The van der Waals surface area contributed by atoms with E-state index in [0.717, 1.165) is 4.31 Å². The minimum absolute atomic E-state index is 0.0329. The molecule has 0 aromatic carbocycles. The predicted molar refractivity (Wildman–Crippen MR) is 60.4 cm³/mol. The van der Waals surface area contributed by atoms with Gasteiger partial charge in [0.15, 0.2) is 5.82 Å². The minimum Gasteiger partial charge on any atom is -0.291 e. The Kier molecular flexibility index (Phi) is 3.59. The zero-order chi connectivity index (χ0) is 13.3. The Bertz CT molecular complexity index is 509. The second-order valence-corrected chi connectivity index (χ2v) is 5.55. The minimum atomic E-state index is -4.58. The Morgan fingerprint density at radius 3 is 2.33 bits per heavy atom. The Morgan fingerprint density at radius 1 is 1.28 bits per heavy atom. The highest BCUT2D eigenvalue weighted by Crippen LogP contribution is 2.19. The summed E-state index contributed by atoms with van der Waals surface area (Å²) in [6.07, 6.45) is 0. The molecule has 0 bridgehead atoms. The Morgan fingerprint density at radius 2 is 1.89 bits per heavy atom. The molecular formula is C8H15FN6O2S. The maximum absolute atomic E-state index is 12.8. The molecule has 2 rings (SSSR count). The third-order valence-electron chi connectivity index (χ3n) is 3.16. The Hall–Kier alpha value is -1.13. The smallest absolute Gasteiger partial charge is 0.291 e. The molecule has 1 aromatic rings. The van der Waals surface area contributed by atoms with Crippen LogP contribution in [0.5, 0.6) is 0 Å². The second-order valence-electron chi connectivity index (χ2n) is 4.21. The molecule has 8 nitrogen and oxygen atoms in total. The van der Waals surface area contributed by atoms with Crippen LogP contribution in [0.3, 0.4) is 0 Å². The number of nitrogens with zero attached hydrogens (tertiary/aromatic N) is 6. The number of hydrogen-bond acceptors (Lipinski definition) is 6. The van der Waals surface area contributed by atoms with Gasteiger partial charge in [0.05, 0.1) is 6.04 Å². The van der Waals surface area contributed by atoms with E-state index in [2.05, 4.69) is 15.5 Å². The SMILES string of the molecule is CC(c1nnnn1C)N1CCN(S(=O)(=O)F)CC1. The van der Waals surface area contributed by atoms with E-state index in [4.69, 9.17) is 0 Å². The molecule has 0 saturated carbocycles. The molecular weight excluding hydrogens is 263 g/mol. The lowest BCUT2D eigenvalue weighted by Gasteiger charge is -2.35. The molecule has 1 atom stereocenters. The molecule has 18 heavy (non-hydrogen) atoms. The first-order valence-electron chi connectivity index (χ1n) is 5.55. The van der Waals surface area contributed by atoms with Crippen LogP contribution in [0.25, 0.3) is 0 Å². The fourth-order valence-corrected chi connectivity index (χ4v) is 2.66. The van der Waals surface area contributed by atoms with Gasteiger partial charge in [-0.15, -0.1) is 5.10 Å². The van der Waals surface area contributed by atoms with Crippen LogP contribution in [-0.2, 0) is 17.5 Å². The molecule has 0 aliphatic carbocycles. The number of rotatable bonds is 3. The van der Waals surface area contributed by atoms with Crippen molar-refractivity contribution < 1.29 is 12.3 Å². The summed E-state index contributed by atoms with van der Waals surface area (Å²) in [5.74, 6) is 0.701. The summed E-state index contributed by atoms with van der Waals surface area (Å²) in [5, 5.41) is 11.2. The van der Waals surface area contributed by atoms with Crippen molar-refractivity contribution in [3.05, 3.63) is 5.82 Å². The molecule has 1 aliphatic heterocycles. The molecule has 10 heteroatoms. The highest BCUT2D eigenvalue weighted by atomic mass is 32.3. The Labute approximate surface area is 105 Å². The van der Waals surface area contributed by atoms with Crippen LogP contribution in [0.1, 0.15) is 18.8 Å². The molecule has 1 fully saturated rings. The molecule has 1 aromatic heterocycles. The van der Waals surface area contributed by atoms with Crippen molar-refractivity contribution in [1.82, 2.24) is 29.4 Å². The van der Waals surface area contributed by atoms with Crippen molar-refractivity contribution in [2.24, 2.45) is 7.05 Å². The first-order chi connectivity index (χ1) is 8.39. The summed E-state index contributed by atoms with van der Waals surface area (Å²) in [4.78, 5) is 2.02. The summed E-state index contributed by atoms with van der Waals surface area (Å²) >= 11 is 0. The van der Waals surface area contributed by atoms with Gasteiger partial charge in [0.25, 0.3) is 0 Å². The molecule has 2 heterocycles. The van der Waals surface area contributed by atoms with Gasteiger partial charge in [-0.05, 0) is 17.4 Å². The van der Waals surface area contributed by atoms with Crippen molar-refractivity contribution >= 4 is 10.4 Å². The van der Waals surface area contributed by atoms with E-state index in [9.17, 15) is 12.3 Å². The van der Waals surface area contributed by atoms with Gasteiger partial charge in [-0.1, -0.05) is 3.89 Å². The lowest BCUT2D eigenvalue weighted by Crippen LogP contribution is -2.48. The fraction of sp³-hybridized carbons (Fsp3) is 0.875. The molecule has 1 aliphatic rings. The van der Waals surface area contributed by atoms with Gasteiger partial charge < -0.3 is 0 Å². The molecule has 0 spiro atoms. The zero-order valence-corrected chi connectivity index (χ0v) is 11.0. The molecule has 1 saturated heterocycles. The van der Waals surface area contributed by atoms with Gasteiger partial charge in [0.1, 0.15) is 0 Å². The lowest BCUT2D eigenvalue weighted by molar-refractivity contribution is 0.136. The first-order valence-corrected chi connectivity index (χ1v) is 6.89. The highest BCUT2D eigenvalue weighted by molar-refractivity contribution is 7.83. The largest absolute Gasteiger partial charge is 0.374 e. The van der Waals surface area contributed by atoms with E-state index in [0.29, 0.717) is 18.9 Å². The lowest BCUT2D eigenvalue weighted by atomic mass is 10.2. The summed E-state index contributed by atoms with van der Waals surface area (Å²) in [6.45, 7) is 3.14. The quantitative estimate of drug-likeness (QED) is 0.666. The van der Waals surface area contributed by atoms with Crippen molar-refractivity contribution in [1.29, 1.82) is 0 Å². The van der Waals surface area contributed by atoms with E-state index in [1.165, 1.54) is 0 Å². The van der Waals surface area contributed by atoms with Crippen LogP contribution in [-0.4, -0.2) is 64.0 Å². The normalized spacial score (nSPS) is 21.1. The number of aromatic nitrogens is 4. The van der Waals surface area contributed by atoms with E-state index in [-0.39, 0.29) is 19.1 Å². The van der Waals surface area contributed by atoms with E-state index < -0.39 is 10.4 Å². The highest BCUT2D eigenvalue weighted by Gasteiger charge is 2.30. The molecule has 102 valence electrons. The predicted octanol–water partition coefficient (Wildman–Crippen LogP) is -0.897. The molecule has 0 N–H and O–H groups in total. The average Bonchev–Trinajstić information content (AvgIpc) is 2.73. The number of hydrogen-bond donors (Lipinski definition) is 0. The van der Waals surface area contributed by atoms with Crippen molar-refractivity contribution in [3.8, 4) is 0 Å². The molecule has 0 radical (unpaired) electrons. The maximum Gasteiger partial charge on any atom is 0.374 e. The van der Waals surface area contributed by atoms with Crippen LogP contribution >= 0.6 is 0 Å². The number of aryl methyl sites for hydroxylation is 1. The van der Waals surface area contributed by atoms with Crippen LogP contribution in [0, 0.1) is 0 Å². The van der Waals surface area contributed by atoms with Crippen LogP contribution in [0.4, 0.5) is 3.89 Å². The number of halogens is 1. The summed E-state index contributed by atoms with van der Waals surface area (Å²) < 4.78 is 36.7. The maximum atomic E-state index is 12.8. The van der Waals surface area contributed by atoms with Crippen molar-refractivity contribution in [2.45, 2.75) is 13.0 Å². The monoisotopic (exact) mass is 278 g/mol. The number of tetrazole rings is 1. The van der Waals surface area contributed by atoms with Crippen LogP contribution in [0.2, 0.25) is 0 Å². The summed E-state index contributed by atoms with van der Waals surface area (Å²) in [7, 11) is -2.83.